The van der Waals surface area contributed by atoms with Crippen LogP contribution in [0.4, 0.5) is 0 Å². The molecule has 0 bridgehead atoms. The number of hydrogen-bond acceptors (Lipinski definition) is 6. The Morgan fingerprint density at radius 2 is 2.08 bits per heavy atom. The standard InChI is InChI=1S/C18H20N4O4/c1-12-19-16(21-26-12)18(9-4-5-10-18)20-15(23)8-11-22-13-6-2-3-7-14(13)25-17(22)24/h2-3,6-7H,4-5,8-11H2,1H3,(H,20,23). The maximum Gasteiger partial charge on any atom is 0.419 e. The van der Waals surface area contributed by atoms with Gasteiger partial charge >= 0.3 is 5.76 Å². The van der Waals surface area contributed by atoms with Crippen LogP contribution in [0.25, 0.3) is 11.1 Å². The molecule has 2 heterocycles. The van der Waals surface area contributed by atoms with Gasteiger partial charge in [-0.25, -0.2) is 4.79 Å². The molecule has 3 aromatic rings. The minimum absolute atomic E-state index is 0.147. The van der Waals surface area contributed by atoms with Gasteiger partial charge in [0.1, 0.15) is 5.54 Å². The summed E-state index contributed by atoms with van der Waals surface area (Å²) < 4.78 is 11.8. The van der Waals surface area contributed by atoms with Crippen LogP contribution in [0.5, 0.6) is 0 Å². The molecule has 1 N–H and O–H groups in total. The normalized spacial score (nSPS) is 16.2. The van der Waals surface area contributed by atoms with E-state index in [1.54, 1.807) is 25.1 Å². The lowest BCUT2D eigenvalue weighted by Crippen LogP contribution is -2.45. The topological polar surface area (TPSA) is 103 Å². The third kappa shape index (κ3) is 2.91. The molecule has 8 nitrogen and oxygen atoms in total. The number of benzene rings is 1. The summed E-state index contributed by atoms with van der Waals surface area (Å²) in [5.41, 5.74) is 0.639. The summed E-state index contributed by atoms with van der Waals surface area (Å²) in [6.45, 7) is 1.99. The second-order valence-electron chi connectivity index (χ2n) is 6.71. The number of para-hydroxylation sites is 2. The van der Waals surface area contributed by atoms with Crippen LogP contribution in [0.1, 0.15) is 43.8 Å². The lowest BCUT2D eigenvalue weighted by Gasteiger charge is -2.26. The largest absolute Gasteiger partial charge is 0.419 e. The van der Waals surface area contributed by atoms with E-state index in [-0.39, 0.29) is 18.9 Å². The van der Waals surface area contributed by atoms with Crippen molar-refractivity contribution in [1.29, 1.82) is 0 Å². The number of oxazole rings is 1. The van der Waals surface area contributed by atoms with Gasteiger partial charge in [-0.05, 0) is 25.0 Å². The Bertz CT molecular complexity index is 994. The molecule has 4 rings (SSSR count). The van der Waals surface area contributed by atoms with Crippen LogP contribution in [-0.4, -0.2) is 20.6 Å². The molecule has 26 heavy (non-hydrogen) atoms. The molecule has 0 radical (unpaired) electrons. The zero-order valence-corrected chi connectivity index (χ0v) is 14.5. The molecule has 1 aliphatic rings. The van der Waals surface area contributed by atoms with E-state index in [4.69, 9.17) is 8.94 Å². The highest BCUT2D eigenvalue weighted by Crippen LogP contribution is 2.37. The monoisotopic (exact) mass is 356 g/mol. The maximum atomic E-state index is 12.6. The molecule has 1 fully saturated rings. The van der Waals surface area contributed by atoms with Gasteiger partial charge in [0.15, 0.2) is 11.4 Å². The molecule has 0 unspecified atom stereocenters. The van der Waals surface area contributed by atoms with Crippen molar-refractivity contribution in [1.82, 2.24) is 20.0 Å². The van der Waals surface area contributed by atoms with E-state index in [2.05, 4.69) is 15.5 Å². The van der Waals surface area contributed by atoms with Crippen LogP contribution < -0.4 is 11.1 Å². The van der Waals surface area contributed by atoms with Gasteiger partial charge in [-0.2, -0.15) is 4.98 Å². The SMILES string of the molecule is Cc1nc(C2(NC(=O)CCn3c(=O)oc4ccccc43)CCCC2)no1. The minimum Gasteiger partial charge on any atom is -0.408 e. The van der Waals surface area contributed by atoms with Gasteiger partial charge in [0, 0.05) is 19.9 Å². The lowest BCUT2D eigenvalue weighted by atomic mass is 9.96. The fourth-order valence-electron chi connectivity index (χ4n) is 3.65. The quantitative estimate of drug-likeness (QED) is 0.752. The number of nitrogens with one attached hydrogen (secondary N) is 1. The Morgan fingerprint density at radius 3 is 2.81 bits per heavy atom. The first-order valence-electron chi connectivity index (χ1n) is 8.78. The average Bonchev–Trinajstić information content (AvgIpc) is 3.32. The van der Waals surface area contributed by atoms with Crippen molar-refractivity contribution in [3.05, 3.63) is 46.5 Å². The summed E-state index contributed by atoms with van der Waals surface area (Å²) in [5.74, 6) is 0.415. The van der Waals surface area contributed by atoms with Crippen LogP contribution in [-0.2, 0) is 16.9 Å². The molecule has 0 spiro atoms. The summed E-state index contributed by atoms with van der Waals surface area (Å²) in [5, 5.41) is 7.10. The van der Waals surface area contributed by atoms with Crippen LogP contribution in [0.3, 0.4) is 0 Å². The minimum atomic E-state index is -0.571. The van der Waals surface area contributed by atoms with Gasteiger partial charge in [0.2, 0.25) is 11.8 Å². The number of rotatable bonds is 5. The Kier molecular flexibility index (Phi) is 4.10. The molecule has 0 aliphatic heterocycles. The summed E-state index contributed by atoms with van der Waals surface area (Å²) >= 11 is 0. The third-order valence-corrected chi connectivity index (χ3v) is 4.93. The van der Waals surface area contributed by atoms with E-state index in [9.17, 15) is 9.59 Å². The van der Waals surface area contributed by atoms with Crippen molar-refractivity contribution in [3.8, 4) is 0 Å². The number of carbonyl (C=O) groups excluding carboxylic acids is 1. The maximum absolute atomic E-state index is 12.6. The molecule has 1 saturated carbocycles. The highest BCUT2D eigenvalue weighted by molar-refractivity contribution is 5.77. The summed E-state index contributed by atoms with van der Waals surface area (Å²) in [6.07, 6.45) is 3.74. The summed E-state index contributed by atoms with van der Waals surface area (Å²) in [4.78, 5) is 28.9. The van der Waals surface area contributed by atoms with E-state index in [1.165, 1.54) is 4.57 Å². The van der Waals surface area contributed by atoms with Crippen molar-refractivity contribution < 1.29 is 13.7 Å². The first-order valence-corrected chi connectivity index (χ1v) is 8.78. The average molecular weight is 356 g/mol. The van der Waals surface area contributed by atoms with Crippen LogP contribution in [0.15, 0.2) is 38.0 Å². The first kappa shape index (κ1) is 16.6. The fourth-order valence-corrected chi connectivity index (χ4v) is 3.65. The van der Waals surface area contributed by atoms with Gasteiger partial charge in [0.05, 0.1) is 5.52 Å². The van der Waals surface area contributed by atoms with Gasteiger partial charge in [-0.15, -0.1) is 0 Å². The van der Waals surface area contributed by atoms with Gasteiger partial charge in [-0.3, -0.25) is 9.36 Å². The molecule has 8 heteroatoms. The molecule has 1 aliphatic carbocycles. The highest BCUT2D eigenvalue weighted by atomic mass is 16.5. The molecule has 1 aromatic carbocycles. The van der Waals surface area contributed by atoms with Crippen molar-refractivity contribution in [2.75, 3.05) is 0 Å². The van der Waals surface area contributed by atoms with Crippen molar-refractivity contribution in [3.63, 3.8) is 0 Å². The van der Waals surface area contributed by atoms with Gasteiger partial charge in [0.25, 0.3) is 0 Å². The predicted molar refractivity (Wildman–Crippen MR) is 92.4 cm³/mol. The van der Waals surface area contributed by atoms with Crippen molar-refractivity contribution >= 4 is 17.0 Å². The van der Waals surface area contributed by atoms with E-state index < -0.39 is 11.3 Å². The zero-order chi connectivity index (χ0) is 18.1. The number of aryl methyl sites for hydroxylation is 2. The molecule has 2 aromatic heterocycles. The zero-order valence-electron chi connectivity index (χ0n) is 14.5. The Balaban J connectivity index is 1.49. The number of nitrogens with zero attached hydrogens (tertiary/aromatic N) is 3. The molecular formula is C18H20N4O4. The Hall–Kier alpha value is -2.90. The molecule has 1 amide bonds. The van der Waals surface area contributed by atoms with Crippen molar-refractivity contribution in [2.45, 2.75) is 51.1 Å². The van der Waals surface area contributed by atoms with E-state index in [1.807, 2.05) is 6.07 Å². The third-order valence-electron chi connectivity index (χ3n) is 4.93. The van der Waals surface area contributed by atoms with Crippen molar-refractivity contribution in [2.24, 2.45) is 0 Å². The highest BCUT2D eigenvalue weighted by Gasteiger charge is 2.41. The number of amides is 1. The van der Waals surface area contributed by atoms with Crippen LogP contribution >= 0.6 is 0 Å². The van der Waals surface area contributed by atoms with Gasteiger partial charge < -0.3 is 14.3 Å². The molecule has 0 saturated heterocycles. The smallest absolute Gasteiger partial charge is 0.408 e. The molecular weight excluding hydrogens is 336 g/mol. The lowest BCUT2D eigenvalue weighted by molar-refractivity contribution is -0.123. The fraction of sp³-hybridized carbons (Fsp3) is 0.444. The number of hydrogen-bond donors (Lipinski definition) is 1. The molecule has 0 atom stereocenters. The molecule has 136 valence electrons. The van der Waals surface area contributed by atoms with Gasteiger partial charge in [-0.1, -0.05) is 30.1 Å². The predicted octanol–water partition coefficient (Wildman–Crippen LogP) is 2.26. The number of aromatic nitrogens is 3. The number of carbonyl (C=O) groups is 1. The second-order valence-corrected chi connectivity index (χ2v) is 6.71. The Morgan fingerprint density at radius 1 is 1.31 bits per heavy atom. The van der Waals surface area contributed by atoms with Crippen LogP contribution in [0.2, 0.25) is 0 Å². The van der Waals surface area contributed by atoms with E-state index in [0.29, 0.717) is 22.8 Å². The Labute approximate surface area is 149 Å². The summed E-state index contributed by atoms with van der Waals surface area (Å²) in [7, 11) is 0. The van der Waals surface area contributed by atoms with E-state index >= 15 is 0 Å². The first-order chi connectivity index (χ1) is 12.6. The van der Waals surface area contributed by atoms with Crippen LogP contribution in [0, 0.1) is 6.92 Å². The second kappa shape index (κ2) is 6.44. The summed E-state index contributed by atoms with van der Waals surface area (Å²) in [6, 6.07) is 7.18. The number of fused-ring (bicyclic) bond motifs is 1. The van der Waals surface area contributed by atoms with E-state index in [0.717, 1.165) is 25.7 Å².